The molecule has 1 fully saturated rings. The second-order valence-electron chi connectivity index (χ2n) is 9.30. The number of nitrogen functional groups attached to an aromatic ring is 1. The number of nitrogens with zero attached hydrogens (tertiary/aromatic N) is 4. The molecular weight excluding hydrogens is 553 g/mol. The topological polar surface area (TPSA) is 96.4 Å². The predicted octanol–water partition coefficient (Wildman–Crippen LogP) is 5.97. The molecule has 9 nitrogen and oxygen atoms in total. The third-order valence-corrected chi connectivity index (χ3v) is 7.92. The first-order valence-electron chi connectivity index (χ1n) is 12.6. The molecule has 11 heteroatoms. The summed E-state index contributed by atoms with van der Waals surface area (Å²) in [7, 11) is 4.74. The smallest absolute Gasteiger partial charge is 0.145 e. The molecule has 6 rings (SSSR count). The molecule has 1 saturated heterocycles. The van der Waals surface area contributed by atoms with Gasteiger partial charge in [0.05, 0.1) is 67.2 Å². The summed E-state index contributed by atoms with van der Waals surface area (Å²) in [5.41, 5.74) is 12.5. The van der Waals surface area contributed by atoms with Crippen LogP contribution in [0, 0.1) is 0 Å². The van der Waals surface area contributed by atoms with Crippen LogP contribution < -0.4 is 24.8 Å². The average molecular weight is 580 g/mol. The molecule has 4 heterocycles. The third kappa shape index (κ3) is 4.30. The lowest BCUT2D eigenvalue weighted by atomic mass is 10.0. The highest BCUT2D eigenvalue weighted by atomic mass is 35.5. The fourth-order valence-corrected chi connectivity index (χ4v) is 5.88. The van der Waals surface area contributed by atoms with Crippen molar-refractivity contribution in [3.63, 3.8) is 0 Å². The average Bonchev–Trinajstić information content (AvgIpc) is 3.48. The van der Waals surface area contributed by atoms with E-state index in [1.165, 1.54) is 0 Å². The maximum atomic E-state index is 6.76. The fourth-order valence-electron chi connectivity index (χ4n) is 5.18. The maximum Gasteiger partial charge on any atom is 0.145 e. The highest BCUT2D eigenvalue weighted by Gasteiger charge is 2.23. The lowest BCUT2D eigenvalue weighted by Gasteiger charge is -2.30. The van der Waals surface area contributed by atoms with E-state index in [1.807, 2.05) is 34.9 Å². The van der Waals surface area contributed by atoms with Crippen LogP contribution in [0.3, 0.4) is 0 Å². The van der Waals surface area contributed by atoms with E-state index >= 15 is 0 Å². The second-order valence-corrected chi connectivity index (χ2v) is 10.1. The molecule has 0 spiro atoms. The molecule has 5 aromatic rings. The van der Waals surface area contributed by atoms with Crippen LogP contribution in [0.5, 0.6) is 17.2 Å². The van der Waals surface area contributed by atoms with Crippen LogP contribution in [0.25, 0.3) is 38.9 Å². The Morgan fingerprint density at radius 1 is 0.850 bits per heavy atom. The second kappa shape index (κ2) is 10.6. The summed E-state index contributed by atoms with van der Waals surface area (Å²) in [4.78, 5) is 11.6. The van der Waals surface area contributed by atoms with Crippen LogP contribution in [-0.4, -0.2) is 62.0 Å². The van der Waals surface area contributed by atoms with Crippen molar-refractivity contribution < 1.29 is 18.9 Å². The van der Waals surface area contributed by atoms with Crippen molar-refractivity contribution in [2.24, 2.45) is 0 Å². The minimum atomic E-state index is 0.364. The number of rotatable bonds is 6. The van der Waals surface area contributed by atoms with Crippen LogP contribution in [0.2, 0.25) is 10.0 Å². The van der Waals surface area contributed by atoms with E-state index in [0.717, 1.165) is 40.8 Å². The number of fused-ring (bicyclic) bond motifs is 3. The molecule has 1 aliphatic rings. The fraction of sp³-hybridized carbons (Fsp3) is 0.241. The number of anilines is 2. The molecule has 3 aromatic heterocycles. The molecule has 1 aliphatic heterocycles. The lowest BCUT2D eigenvalue weighted by molar-refractivity contribution is 0.122. The number of aromatic nitrogens is 3. The third-order valence-electron chi connectivity index (χ3n) is 7.17. The van der Waals surface area contributed by atoms with E-state index in [9.17, 15) is 0 Å². The zero-order valence-electron chi connectivity index (χ0n) is 22.2. The van der Waals surface area contributed by atoms with Crippen molar-refractivity contribution in [2.75, 3.05) is 58.3 Å². The van der Waals surface area contributed by atoms with E-state index in [4.69, 9.17) is 52.9 Å². The van der Waals surface area contributed by atoms with Gasteiger partial charge in [-0.15, -0.1) is 0 Å². The van der Waals surface area contributed by atoms with Crippen molar-refractivity contribution in [2.45, 2.75) is 0 Å². The predicted molar refractivity (Wildman–Crippen MR) is 158 cm³/mol. The van der Waals surface area contributed by atoms with E-state index < -0.39 is 0 Å². The molecule has 0 radical (unpaired) electrons. The van der Waals surface area contributed by atoms with Gasteiger partial charge in [0, 0.05) is 65.9 Å². The van der Waals surface area contributed by atoms with Crippen LogP contribution in [0.1, 0.15) is 0 Å². The zero-order chi connectivity index (χ0) is 28.0. The van der Waals surface area contributed by atoms with Gasteiger partial charge in [0.2, 0.25) is 0 Å². The number of hydrogen-bond donors (Lipinski definition) is 1. The number of pyridine rings is 2. The molecular formula is C29H27Cl2N5O4. The van der Waals surface area contributed by atoms with Gasteiger partial charge < -0.3 is 29.6 Å². The molecule has 0 bridgehead atoms. The van der Waals surface area contributed by atoms with Crippen LogP contribution in [0.15, 0.2) is 48.9 Å². The van der Waals surface area contributed by atoms with Gasteiger partial charge in [-0.3, -0.25) is 9.38 Å². The summed E-state index contributed by atoms with van der Waals surface area (Å²) in [5, 5.41) is 1.58. The van der Waals surface area contributed by atoms with Gasteiger partial charge in [-0.2, -0.15) is 0 Å². The van der Waals surface area contributed by atoms with Gasteiger partial charge in [0.25, 0.3) is 0 Å². The Bertz CT molecular complexity index is 1720. The normalized spacial score (nSPS) is 13.7. The van der Waals surface area contributed by atoms with Crippen molar-refractivity contribution in [1.82, 2.24) is 14.4 Å². The zero-order valence-corrected chi connectivity index (χ0v) is 23.7. The number of hydrogen-bond acceptors (Lipinski definition) is 8. The Kier molecular flexibility index (Phi) is 6.95. The first-order valence-corrected chi connectivity index (χ1v) is 13.4. The molecule has 0 atom stereocenters. The number of nitrogens with two attached hydrogens (primary N) is 1. The molecule has 0 saturated carbocycles. The van der Waals surface area contributed by atoms with Gasteiger partial charge >= 0.3 is 0 Å². The van der Waals surface area contributed by atoms with Crippen LogP contribution in [0.4, 0.5) is 11.4 Å². The van der Waals surface area contributed by atoms with E-state index in [0.29, 0.717) is 63.1 Å². The van der Waals surface area contributed by atoms with Crippen LogP contribution >= 0.6 is 23.2 Å². The Morgan fingerprint density at radius 3 is 2.23 bits per heavy atom. The summed E-state index contributed by atoms with van der Waals surface area (Å²) in [6.45, 7) is 2.87. The molecule has 0 unspecified atom stereocenters. The van der Waals surface area contributed by atoms with Crippen molar-refractivity contribution in [3.8, 4) is 39.6 Å². The number of imidazole rings is 1. The van der Waals surface area contributed by atoms with Crippen molar-refractivity contribution in [3.05, 3.63) is 59.0 Å². The van der Waals surface area contributed by atoms with Gasteiger partial charge in [-0.25, -0.2) is 4.98 Å². The summed E-state index contributed by atoms with van der Waals surface area (Å²) in [5.74, 6) is 1.57. The Balaban J connectivity index is 1.52. The quantitative estimate of drug-likeness (QED) is 0.246. The largest absolute Gasteiger partial charge is 0.496 e. The highest BCUT2D eigenvalue weighted by Crippen LogP contribution is 2.47. The van der Waals surface area contributed by atoms with E-state index in [2.05, 4.69) is 9.88 Å². The van der Waals surface area contributed by atoms with Crippen molar-refractivity contribution >= 4 is 51.1 Å². The van der Waals surface area contributed by atoms with Crippen LogP contribution in [-0.2, 0) is 4.74 Å². The molecule has 40 heavy (non-hydrogen) atoms. The summed E-state index contributed by atoms with van der Waals surface area (Å²) in [6.07, 6.45) is 5.42. The number of ether oxygens (including phenoxy) is 4. The van der Waals surface area contributed by atoms with Gasteiger partial charge in [-0.05, 0) is 18.2 Å². The summed E-state index contributed by atoms with van der Waals surface area (Å²) >= 11 is 13.5. The Hall–Kier alpha value is -3.92. The molecule has 2 N–H and O–H groups in total. The lowest BCUT2D eigenvalue weighted by Crippen LogP contribution is -2.36. The SMILES string of the molecule is COc1cc(N2CCOCC2)c(N)cc1-c1cc2c(cn1)cc(-c1c(Cl)c(OC)cc(OC)c1Cl)c1nccn12. The number of methoxy groups -OCH3 is 3. The molecule has 0 aliphatic carbocycles. The summed E-state index contributed by atoms with van der Waals surface area (Å²) < 4.78 is 24.2. The molecule has 0 amide bonds. The highest BCUT2D eigenvalue weighted by molar-refractivity contribution is 6.41. The Morgan fingerprint density at radius 2 is 1.55 bits per heavy atom. The first kappa shape index (κ1) is 26.3. The standard InChI is InChI=1S/C29H27Cl2N5O4/c1-37-23-13-22(35-6-8-40-9-7-35)19(32)11-17(23)20-12-21-16(15-34-20)10-18(29-33-4-5-36(21)29)26-27(30)24(38-2)14-25(39-3)28(26)31/h4-5,10-15H,6-9,32H2,1-3H3. The molecule has 2 aromatic carbocycles. The van der Waals surface area contributed by atoms with Crippen molar-refractivity contribution in [1.29, 1.82) is 0 Å². The Labute approximate surface area is 240 Å². The van der Waals surface area contributed by atoms with Gasteiger partial charge in [-0.1, -0.05) is 23.2 Å². The minimum absolute atomic E-state index is 0.364. The van der Waals surface area contributed by atoms with Gasteiger partial charge in [0.1, 0.15) is 22.9 Å². The van der Waals surface area contributed by atoms with E-state index in [-0.39, 0.29) is 0 Å². The number of benzene rings is 2. The molecule has 206 valence electrons. The minimum Gasteiger partial charge on any atom is -0.496 e. The summed E-state index contributed by atoms with van der Waals surface area (Å²) in [6, 6.07) is 9.51. The first-order chi connectivity index (χ1) is 19.4. The number of morpholine rings is 1. The number of halogens is 2. The van der Waals surface area contributed by atoms with E-state index in [1.54, 1.807) is 39.8 Å². The maximum absolute atomic E-state index is 6.76. The monoisotopic (exact) mass is 579 g/mol. The van der Waals surface area contributed by atoms with Gasteiger partial charge in [0.15, 0.2) is 0 Å².